The molecule has 0 bridgehead atoms. The van der Waals surface area contributed by atoms with Crippen molar-refractivity contribution >= 4 is 57.4 Å². The molecule has 2 aromatic carbocycles. The van der Waals surface area contributed by atoms with E-state index in [0.29, 0.717) is 32.6 Å². The maximum absolute atomic E-state index is 12.6. The van der Waals surface area contributed by atoms with Gasteiger partial charge in [0.2, 0.25) is 5.91 Å². The van der Waals surface area contributed by atoms with Gasteiger partial charge in [0.15, 0.2) is 11.3 Å². The average Bonchev–Trinajstić information content (AvgIpc) is 2.89. The highest BCUT2D eigenvalue weighted by atomic mass is 35.5. The van der Waals surface area contributed by atoms with Crippen LogP contribution in [0.1, 0.15) is 23.0 Å². The third kappa shape index (κ3) is 3.48. The van der Waals surface area contributed by atoms with Gasteiger partial charge in [-0.3, -0.25) is 9.59 Å². The highest BCUT2D eigenvalue weighted by Crippen LogP contribution is 2.32. The number of nitrogens with one attached hydrogen (secondary N) is 2. The molecule has 0 saturated carbocycles. The maximum atomic E-state index is 12.6. The Morgan fingerprint density at radius 2 is 1.80 bits per heavy atom. The molecule has 0 aliphatic heterocycles. The van der Waals surface area contributed by atoms with Gasteiger partial charge in [-0.1, -0.05) is 35.3 Å². The Balaban J connectivity index is 1.94. The van der Waals surface area contributed by atoms with Crippen LogP contribution >= 0.6 is 23.2 Å². The van der Waals surface area contributed by atoms with Crippen LogP contribution < -0.4 is 10.6 Å². The normalized spacial score (nSPS) is 10.7. The molecule has 0 spiro atoms. The molecule has 3 aromatic rings. The van der Waals surface area contributed by atoms with E-state index in [1.807, 2.05) is 6.07 Å². The van der Waals surface area contributed by atoms with Crippen molar-refractivity contribution in [3.05, 3.63) is 57.8 Å². The highest BCUT2D eigenvalue weighted by molar-refractivity contribution is 6.35. The summed E-state index contributed by atoms with van der Waals surface area (Å²) in [4.78, 5) is 23.8. The molecule has 2 amide bonds. The van der Waals surface area contributed by atoms with Crippen molar-refractivity contribution in [3.63, 3.8) is 0 Å². The fourth-order valence-corrected chi connectivity index (χ4v) is 2.88. The molecule has 0 radical (unpaired) electrons. The van der Waals surface area contributed by atoms with Crippen LogP contribution in [0.15, 0.2) is 40.8 Å². The monoisotopic (exact) mass is 376 g/mol. The first-order valence-electron chi connectivity index (χ1n) is 7.43. The van der Waals surface area contributed by atoms with Gasteiger partial charge in [0.1, 0.15) is 0 Å². The lowest BCUT2D eigenvalue weighted by Gasteiger charge is -2.09. The first-order valence-corrected chi connectivity index (χ1v) is 8.18. The van der Waals surface area contributed by atoms with E-state index in [1.54, 1.807) is 37.3 Å². The largest absolute Gasteiger partial charge is 0.449 e. The predicted molar refractivity (Wildman–Crippen MR) is 99.7 cm³/mol. The second-order valence-corrected chi connectivity index (χ2v) is 6.32. The van der Waals surface area contributed by atoms with Crippen LogP contribution in [0.4, 0.5) is 11.4 Å². The van der Waals surface area contributed by atoms with Gasteiger partial charge in [0.05, 0.1) is 15.7 Å². The van der Waals surface area contributed by atoms with Gasteiger partial charge < -0.3 is 15.1 Å². The van der Waals surface area contributed by atoms with Gasteiger partial charge >= 0.3 is 0 Å². The van der Waals surface area contributed by atoms with E-state index >= 15 is 0 Å². The smallest absolute Gasteiger partial charge is 0.291 e. The molecule has 0 aliphatic carbocycles. The molecular weight excluding hydrogens is 363 g/mol. The number of amides is 2. The molecule has 0 saturated heterocycles. The van der Waals surface area contributed by atoms with Gasteiger partial charge in [-0.2, -0.15) is 0 Å². The zero-order valence-corrected chi connectivity index (χ0v) is 15.0. The summed E-state index contributed by atoms with van der Waals surface area (Å²) in [5.74, 6) is -0.516. The molecule has 0 aliphatic rings. The first-order chi connectivity index (χ1) is 11.9. The molecule has 7 heteroatoms. The number of rotatable bonds is 3. The number of benzene rings is 2. The second-order valence-electron chi connectivity index (χ2n) is 5.50. The number of furan rings is 1. The molecule has 1 aromatic heterocycles. The molecule has 3 rings (SSSR count). The number of anilines is 2. The van der Waals surface area contributed by atoms with Crippen LogP contribution in [0.2, 0.25) is 10.0 Å². The van der Waals surface area contributed by atoms with Crippen molar-refractivity contribution in [2.24, 2.45) is 0 Å². The minimum Gasteiger partial charge on any atom is -0.449 e. The summed E-state index contributed by atoms with van der Waals surface area (Å²) in [5.41, 5.74) is 2.04. The van der Waals surface area contributed by atoms with Crippen LogP contribution in [0.5, 0.6) is 0 Å². The minimum absolute atomic E-state index is 0.157. The molecule has 2 N–H and O–H groups in total. The molecule has 0 unspecified atom stereocenters. The molecule has 5 nitrogen and oxygen atoms in total. The van der Waals surface area contributed by atoms with Gasteiger partial charge in [0, 0.05) is 23.6 Å². The average molecular weight is 377 g/mol. The summed E-state index contributed by atoms with van der Waals surface area (Å²) in [6.07, 6.45) is 0. The highest BCUT2D eigenvalue weighted by Gasteiger charge is 2.20. The molecular formula is C18H14Cl2N2O3. The number of fused-ring (bicyclic) bond motifs is 1. The van der Waals surface area contributed by atoms with E-state index in [1.165, 1.54) is 6.92 Å². The zero-order valence-electron chi connectivity index (χ0n) is 13.4. The van der Waals surface area contributed by atoms with Crippen LogP contribution in [0.25, 0.3) is 11.0 Å². The molecule has 128 valence electrons. The fourth-order valence-electron chi connectivity index (χ4n) is 2.51. The zero-order chi connectivity index (χ0) is 18.1. The summed E-state index contributed by atoms with van der Waals surface area (Å²) in [5, 5.41) is 6.89. The van der Waals surface area contributed by atoms with E-state index in [2.05, 4.69) is 10.6 Å². The summed E-state index contributed by atoms with van der Waals surface area (Å²) < 4.78 is 5.64. The maximum Gasteiger partial charge on any atom is 0.291 e. The van der Waals surface area contributed by atoms with Crippen molar-refractivity contribution in [1.29, 1.82) is 0 Å². The lowest BCUT2D eigenvalue weighted by atomic mass is 10.1. The van der Waals surface area contributed by atoms with Gasteiger partial charge in [0.25, 0.3) is 5.91 Å². The number of hydrogen-bond donors (Lipinski definition) is 2. The van der Waals surface area contributed by atoms with Crippen molar-refractivity contribution in [1.82, 2.24) is 0 Å². The Morgan fingerprint density at radius 1 is 1.04 bits per heavy atom. The van der Waals surface area contributed by atoms with E-state index in [-0.39, 0.29) is 11.7 Å². The molecule has 0 atom stereocenters. The van der Waals surface area contributed by atoms with Crippen molar-refractivity contribution in [2.75, 3.05) is 10.6 Å². The summed E-state index contributed by atoms with van der Waals surface area (Å²) >= 11 is 12.2. The predicted octanol–water partition coefficient (Wildman–Crippen LogP) is 5.26. The van der Waals surface area contributed by atoms with Crippen LogP contribution in [-0.4, -0.2) is 11.8 Å². The third-order valence-electron chi connectivity index (χ3n) is 3.66. The van der Waals surface area contributed by atoms with Gasteiger partial charge in [-0.25, -0.2) is 0 Å². The Hall–Kier alpha value is -2.50. The number of halogens is 2. The Bertz CT molecular complexity index is 995. The molecule has 25 heavy (non-hydrogen) atoms. The van der Waals surface area contributed by atoms with Crippen molar-refractivity contribution in [3.8, 4) is 0 Å². The second kappa shape index (κ2) is 6.78. The van der Waals surface area contributed by atoms with Gasteiger partial charge in [-0.15, -0.1) is 0 Å². The lowest BCUT2D eigenvalue weighted by molar-refractivity contribution is -0.114. The number of hydrogen-bond acceptors (Lipinski definition) is 3. The topological polar surface area (TPSA) is 71.3 Å². The summed E-state index contributed by atoms with van der Waals surface area (Å²) in [7, 11) is 0. The number of carbonyl (C=O) groups is 2. The van der Waals surface area contributed by atoms with E-state index < -0.39 is 5.91 Å². The lowest BCUT2D eigenvalue weighted by Crippen LogP contribution is -2.13. The van der Waals surface area contributed by atoms with Crippen molar-refractivity contribution in [2.45, 2.75) is 13.8 Å². The summed E-state index contributed by atoms with van der Waals surface area (Å²) in [6.45, 7) is 3.18. The van der Waals surface area contributed by atoms with E-state index in [0.717, 1.165) is 5.39 Å². The standard InChI is InChI=1S/C18H14Cl2N2O3/c1-9-12-4-3-5-14(20)17(12)25-16(9)18(24)22-15-8-11(21-10(2)23)6-7-13(15)19/h3-8H,1-2H3,(H,21,23)(H,22,24). The Morgan fingerprint density at radius 3 is 2.48 bits per heavy atom. The third-order valence-corrected chi connectivity index (χ3v) is 4.28. The summed E-state index contributed by atoms with van der Waals surface area (Å²) in [6, 6.07) is 10.1. The van der Waals surface area contributed by atoms with Crippen LogP contribution in [0, 0.1) is 6.92 Å². The molecule has 0 fully saturated rings. The SMILES string of the molecule is CC(=O)Nc1ccc(Cl)c(NC(=O)c2oc3c(Cl)cccc3c2C)c1. The molecule has 1 heterocycles. The number of carbonyl (C=O) groups excluding carboxylic acids is 2. The fraction of sp³-hybridized carbons (Fsp3) is 0.111. The number of para-hydroxylation sites is 1. The van der Waals surface area contributed by atoms with E-state index in [4.69, 9.17) is 27.6 Å². The Labute approximate surface area is 153 Å². The van der Waals surface area contributed by atoms with E-state index in [9.17, 15) is 9.59 Å². The minimum atomic E-state index is -0.452. The van der Waals surface area contributed by atoms with Gasteiger partial charge in [-0.05, 0) is 31.2 Å². The quantitative estimate of drug-likeness (QED) is 0.654. The van der Waals surface area contributed by atoms with Crippen LogP contribution in [0.3, 0.4) is 0 Å². The van der Waals surface area contributed by atoms with Crippen LogP contribution in [-0.2, 0) is 4.79 Å². The number of aryl methyl sites for hydroxylation is 1. The van der Waals surface area contributed by atoms with Crippen molar-refractivity contribution < 1.29 is 14.0 Å². The Kier molecular flexibility index (Phi) is 4.70. The first kappa shape index (κ1) is 17.3.